The number of rotatable bonds is 6. The fraction of sp³-hybridized carbons (Fsp3) is 0. The fourth-order valence-electron chi connectivity index (χ4n) is 2.66. The van der Waals surface area contributed by atoms with Gasteiger partial charge in [0.2, 0.25) is 0 Å². The monoisotopic (exact) mass is 388 g/mol. The first-order valence-corrected chi connectivity index (χ1v) is 8.69. The van der Waals surface area contributed by atoms with Crippen LogP contribution in [0.15, 0.2) is 92.0 Å². The highest BCUT2D eigenvalue weighted by atomic mass is 19.1. The molecule has 0 N–H and O–H groups in total. The third kappa shape index (κ3) is 4.84. The standard InChI is InChI=1S/C24H17FO4/c1-3-23(26)28-19-10-5-16(6-11-19)18-9-14-21(22(25)15-18)17-7-12-20(13-8-17)29-24(27)4-2/h3-15H,1-2H2. The van der Waals surface area contributed by atoms with Gasteiger partial charge in [0.1, 0.15) is 17.3 Å². The molecule has 3 aromatic rings. The van der Waals surface area contributed by atoms with Crippen LogP contribution in [0.3, 0.4) is 0 Å². The lowest BCUT2D eigenvalue weighted by molar-refractivity contribution is -0.129. The number of benzene rings is 3. The van der Waals surface area contributed by atoms with Gasteiger partial charge in [-0.1, -0.05) is 49.6 Å². The zero-order valence-electron chi connectivity index (χ0n) is 15.4. The average molecular weight is 388 g/mol. The van der Waals surface area contributed by atoms with Gasteiger partial charge < -0.3 is 9.47 Å². The third-order valence-electron chi connectivity index (χ3n) is 4.09. The molecule has 0 amide bonds. The molecule has 29 heavy (non-hydrogen) atoms. The first-order valence-electron chi connectivity index (χ1n) is 8.69. The number of carbonyl (C=O) groups is 2. The summed E-state index contributed by atoms with van der Waals surface area (Å²) in [6, 6.07) is 18.2. The second-order valence-electron chi connectivity index (χ2n) is 5.99. The van der Waals surface area contributed by atoms with E-state index in [0.29, 0.717) is 28.2 Å². The zero-order valence-corrected chi connectivity index (χ0v) is 15.4. The normalized spacial score (nSPS) is 10.1. The van der Waals surface area contributed by atoms with Crippen LogP contribution in [-0.4, -0.2) is 11.9 Å². The highest BCUT2D eigenvalue weighted by molar-refractivity contribution is 5.84. The highest BCUT2D eigenvalue weighted by Gasteiger charge is 2.09. The van der Waals surface area contributed by atoms with Crippen LogP contribution in [0.4, 0.5) is 4.39 Å². The molecule has 0 aliphatic carbocycles. The molecule has 0 spiro atoms. The lowest BCUT2D eigenvalue weighted by Crippen LogP contribution is -2.02. The number of hydrogen-bond donors (Lipinski definition) is 0. The molecule has 5 heteroatoms. The van der Waals surface area contributed by atoms with Crippen molar-refractivity contribution in [1.29, 1.82) is 0 Å². The van der Waals surface area contributed by atoms with E-state index in [1.807, 2.05) is 0 Å². The number of carbonyl (C=O) groups excluding carboxylic acids is 2. The van der Waals surface area contributed by atoms with Crippen molar-refractivity contribution >= 4 is 11.9 Å². The minimum atomic E-state index is -0.557. The summed E-state index contributed by atoms with van der Waals surface area (Å²) in [7, 11) is 0. The van der Waals surface area contributed by atoms with Crippen molar-refractivity contribution in [2.45, 2.75) is 0 Å². The molecule has 0 radical (unpaired) electrons. The zero-order chi connectivity index (χ0) is 20.8. The Hall–Kier alpha value is -3.99. The van der Waals surface area contributed by atoms with E-state index in [9.17, 15) is 14.0 Å². The fourth-order valence-corrected chi connectivity index (χ4v) is 2.66. The van der Waals surface area contributed by atoms with Crippen LogP contribution in [0.25, 0.3) is 22.3 Å². The Kier molecular flexibility index (Phi) is 6.00. The van der Waals surface area contributed by atoms with Crippen LogP contribution in [-0.2, 0) is 9.59 Å². The number of esters is 2. The smallest absolute Gasteiger partial charge is 0.335 e. The Bertz CT molecular complexity index is 1070. The van der Waals surface area contributed by atoms with Crippen LogP contribution in [0.2, 0.25) is 0 Å². The first-order chi connectivity index (χ1) is 14.0. The molecule has 0 saturated heterocycles. The number of halogens is 1. The topological polar surface area (TPSA) is 52.6 Å². The largest absolute Gasteiger partial charge is 0.423 e. The van der Waals surface area contributed by atoms with E-state index in [1.54, 1.807) is 60.7 Å². The predicted octanol–water partition coefficient (Wildman–Crippen LogP) is 5.34. The van der Waals surface area contributed by atoms with E-state index in [0.717, 1.165) is 17.7 Å². The van der Waals surface area contributed by atoms with Crippen LogP contribution < -0.4 is 9.47 Å². The summed E-state index contributed by atoms with van der Waals surface area (Å²) < 4.78 is 24.7. The van der Waals surface area contributed by atoms with Crippen molar-refractivity contribution in [1.82, 2.24) is 0 Å². The molecule has 0 bridgehead atoms. The van der Waals surface area contributed by atoms with E-state index in [1.165, 1.54) is 6.07 Å². The van der Waals surface area contributed by atoms with E-state index < -0.39 is 11.9 Å². The first kappa shape index (κ1) is 19.8. The Balaban J connectivity index is 1.79. The SMILES string of the molecule is C=CC(=O)Oc1ccc(-c2ccc(-c3ccc(OC(=O)C=C)cc3)c(F)c2)cc1. The van der Waals surface area contributed by atoms with Gasteiger partial charge in [-0.15, -0.1) is 0 Å². The maximum Gasteiger partial charge on any atom is 0.335 e. The highest BCUT2D eigenvalue weighted by Crippen LogP contribution is 2.30. The third-order valence-corrected chi connectivity index (χ3v) is 4.09. The Morgan fingerprint density at radius 1 is 0.690 bits per heavy atom. The minimum Gasteiger partial charge on any atom is -0.423 e. The summed E-state index contributed by atoms with van der Waals surface area (Å²) in [4.78, 5) is 22.4. The van der Waals surface area contributed by atoms with Crippen LogP contribution in [0.5, 0.6) is 11.5 Å². The average Bonchev–Trinajstić information content (AvgIpc) is 2.74. The van der Waals surface area contributed by atoms with Gasteiger partial charge in [-0.25, -0.2) is 14.0 Å². The molecule has 0 aliphatic heterocycles. The molecule has 144 valence electrons. The van der Waals surface area contributed by atoms with Crippen molar-refractivity contribution in [2.24, 2.45) is 0 Å². The van der Waals surface area contributed by atoms with Gasteiger partial charge in [0.05, 0.1) is 0 Å². The maximum absolute atomic E-state index is 14.7. The number of hydrogen-bond acceptors (Lipinski definition) is 4. The van der Waals surface area contributed by atoms with Gasteiger partial charge in [-0.05, 0) is 47.0 Å². The quantitative estimate of drug-likeness (QED) is 0.325. The van der Waals surface area contributed by atoms with E-state index in [4.69, 9.17) is 9.47 Å². The summed E-state index contributed by atoms with van der Waals surface area (Å²) in [5.41, 5.74) is 2.54. The molecule has 4 nitrogen and oxygen atoms in total. The van der Waals surface area contributed by atoms with Gasteiger partial charge in [-0.2, -0.15) is 0 Å². The molecule has 0 aliphatic rings. The van der Waals surface area contributed by atoms with Gasteiger partial charge in [0.15, 0.2) is 0 Å². The molecular weight excluding hydrogens is 371 g/mol. The molecule has 0 atom stereocenters. The molecule has 0 saturated carbocycles. The van der Waals surface area contributed by atoms with Gasteiger partial charge >= 0.3 is 11.9 Å². The molecule has 3 rings (SSSR count). The van der Waals surface area contributed by atoms with Crippen LogP contribution in [0, 0.1) is 5.82 Å². The van der Waals surface area contributed by atoms with Crippen LogP contribution >= 0.6 is 0 Å². The summed E-state index contributed by atoms with van der Waals surface area (Å²) in [6.07, 6.45) is 2.15. The molecule has 0 heterocycles. The van der Waals surface area contributed by atoms with Crippen molar-refractivity contribution in [3.8, 4) is 33.8 Å². The van der Waals surface area contributed by atoms with Gasteiger partial charge in [0.25, 0.3) is 0 Å². The Labute approximate surface area is 167 Å². The van der Waals surface area contributed by atoms with E-state index in [-0.39, 0.29) is 5.82 Å². The predicted molar refractivity (Wildman–Crippen MR) is 109 cm³/mol. The molecular formula is C24H17FO4. The van der Waals surface area contributed by atoms with Crippen molar-refractivity contribution in [3.63, 3.8) is 0 Å². The van der Waals surface area contributed by atoms with Crippen molar-refractivity contribution in [3.05, 3.63) is 97.9 Å². The summed E-state index contributed by atoms with van der Waals surface area (Å²) >= 11 is 0. The van der Waals surface area contributed by atoms with E-state index >= 15 is 0 Å². The van der Waals surface area contributed by atoms with Gasteiger partial charge in [0, 0.05) is 17.7 Å². The van der Waals surface area contributed by atoms with Crippen LogP contribution in [0.1, 0.15) is 0 Å². The second-order valence-corrected chi connectivity index (χ2v) is 5.99. The lowest BCUT2D eigenvalue weighted by Gasteiger charge is -2.09. The summed E-state index contributed by atoms with van der Waals surface area (Å²) in [5, 5.41) is 0. The minimum absolute atomic E-state index is 0.355. The molecule has 0 fully saturated rings. The molecule has 0 unspecified atom stereocenters. The molecule has 3 aromatic carbocycles. The lowest BCUT2D eigenvalue weighted by atomic mass is 9.99. The number of ether oxygens (including phenoxy) is 2. The Morgan fingerprint density at radius 3 is 1.59 bits per heavy atom. The van der Waals surface area contributed by atoms with E-state index in [2.05, 4.69) is 13.2 Å². The molecule has 0 aromatic heterocycles. The Morgan fingerprint density at radius 2 is 1.14 bits per heavy atom. The van der Waals surface area contributed by atoms with Gasteiger partial charge in [-0.3, -0.25) is 0 Å². The van der Waals surface area contributed by atoms with Crippen molar-refractivity contribution in [2.75, 3.05) is 0 Å². The summed E-state index contributed by atoms with van der Waals surface area (Å²) in [5.74, 6) is -0.751. The van der Waals surface area contributed by atoms with Crippen molar-refractivity contribution < 1.29 is 23.5 Å². The maximum atomic E-state index is 14.7. The second kappa shape index (κ2) is 8.80. The summed E-state index contributed by atoms with van der Waals surface area (Å²) in [6.45, 7) is 6.68.